The summed E-state index contributed by atoms with van der Waals surface area (Å²) in [6.45, 7) is 2.06. The fraction of sp³-hybridized carbons (Fsp3) is 0.235. The largest absolute Gasteiger partial charge is 0.497 e. The Kier molecular flexibility index (Phi) is 4.82. The van der Waals surface area contributed by atoms with E-state index in [9.17, 15) is 4.79 Å². The maximum atomic E-state index is 12.1. The summed E-state index contributed by atoms with van der Waals surface area (Å²) < 4.78 is 10.4. The zero-order chi connectivity index (χ0) is 15.2. The minimum atomic E-state index is -0.341. The number of hydrogen-bond acceptors (Lipinski definition) is 4. The van der Waals surface area contributed by atoms with Crippen LogP contribution in [0.3, 0.4) is 0 Å². The number of anilines is 1. The highest BCUT2D eigenvalue weighted by atomic mass is 16.5. The highest BCUT2D eigenvalue weighted by Gasteiger charge is 2.16. The molecule has 0 aromatic heterocycles. The van der Waals surface area contributed by atoms with E-state index < -0.39 is 0 Å². The van der Waals surface area contributed by atoms with Gasteiger partial charge in [0.1, 0.15) is 12.4 Å². The van der Waals surface area contributed by atoms with E-state index in [1.54, 1.807) is 19.2 Å². The van der Waals surface area contributed by atoms with E-state index in [4.69, 9.17) is 15.2 Å². The molecule has 0 heterocycles. The number of rotatable bonds is 5. The molecule has 2 rings (SSSR count). The minimum Gasteiger partial charge on any atom is -0.497 e. The molecular weight excluding hydrogens is 266 g/mol. The van der Waals surface area contributed by atoms with Crippen LogP contribution >= 0.6 is 0 Å². The van der Waals surface area contributed by atoms with Crippen LogP contribution in [-0.2, 0) is 16.1 Å². The van der Waals surface area contributed by atoms with Crippen LogP contribution in [0, 0.1) is 0 Å². The van der Waals surface area contributed by atoms with Crippen LogP contribution in [0.5, 0.6) is 5.75 Å². The number of esters is 1. The van der Waals surface area contributed by atoms with Crippen molar-refractivity contribution in [3.63, 3.8) is 0 Å². The van der Waals surface area contributed by atoms with Crippen molar-refractivity contribution in [2.24, 2.45) is 0 Å². The molecule has 110 valence electrons. The maximum Gasteiger partial charge on any atom is 0.313 e. The standard InChI is InChI=1S/C17H19NO3/c1-12(14-4-3-5-15(18)10-14)17(19)21-11-13-6-8-16(20-2)9-7-13/h3-10,12H,11,18H2,1-2H3. The molecule has 0 aliphatic rings. The molecule has 0 radical (unpaired) electrons. The number of methoxy groups -OCH3 is 1. The summed E-state index contributed by atoms with van der Waals surface area (Å²) >= 11 is 0. The first kappa shape index (κ1) is 14.9. The highest BCUT2D eigenvalue weighted by Crippen LogP contribution is 2.20. The Bertz CT molecular complexity index is 608. The number of carbonyl (C=O) groups is 1. The van der Waals surface area contributed by atoms with Crippen molar-refractivity contribution in [3.8, 4) is 5.75 Å². The van der Waals surface area contributed by atoms with Crippen LogP contribution in [0.4, 0.5) is 5.69 Å². The molecule has 0 aliphatic carbocycles. The lowest BCUT2D eigenvalue weighted by atomic mass is 10.0. The van der Waals surface area contributed by atoms with E-state index in [0.29, 0.717) is 5.69 Å². The Balaban J connectivity index is 1.94. The number of hydrogen-bond donors (Lipinski definition) is 1. The zero-order valence-corrected chi connectivity index (χ0v) is 12.2. The molecule has 0 aliphatic heterocycles. The van der Waals surface area contributed by atoms with Gasteiger partial charge < -0.3 is 15.2 Å². The van der Waals surface area contributed by atoms with Crippen LogP contribution in [0.25, 0.3) is 0 Å². The fourth-order valence-corrected chi connectivity index (χ4v) is 1.97. The van der Waals surface area contributed by atoms with Crippen molar-refractivity contribution in [2.45, 2.75) is 19.4 Å². The Morgan fingerprint density at radius 2 is 1.90 bits per heavy atom. The van der Waals surface area contributed by atoms with Gasteiger partial charge in [0.15, 0.2) is 0 Å². The maximum absolute atomic E-state index is 12.1. The fourth-order valence-electron chi connectivity index (χ4n) is 1.97. The van der Waals surface area contributed by atoms with Gasteiger partial charge in [0.05, 0.1) is 13.0 Å². The van der Waals surface area contributed by atoms with Gasteiger partial charge in [-0.3, -0.25) is 4.79 Å². The average Bonchev–Trinajstić information content (AvgIpc) is 2.52. The number of carbonyl (C=O) groups excluding carboxylic acids is 1. The van der Waals surface area contributed by atoms with E-state index in [1.807, 2.05) is 43.3 Å². The second-order valence-corrected chi connectivity index (χ2v) is 4.85. The number of nitrogens with two attached hydrogens (primary N) is 1. The van der Waals surface area contributed by atoms with E-state index >= 15 is 0 Å². The Morgan fingerprint density at radius 1 is 1.19 bits per heavy atom. The average molecular weight is 285 g/mol. The van der Waals surface area contributed by atoms with Crippen LogP contribution in [0.1, 0.15) is 24.0 Å². The first-order valence-electron chi connectivity index (χ1n) is 6.75. The zero-order valence-electron chi connectivity index (χ0n) is 12.2. The topological polar surface area (TPSA) is 61.5 Å². The monoisotopic (exact) mass is 285 g/mol. The first-order chi connectivity index (χ1) is 10.1. The molecule has 2 aromatic carbocycles. The predicted octanol–water partition coefficient (Wildman–Crippen LogP) is 3.12. The lowest BCUT2D eigenvalue weighted by Gasteiger charge is -2.12. The highest BCUT2D eigenvalue weighted by molar-refractivity contribution is 5.78. The molecular formula is C17H19NO3. The van der Waals surface area contributed by atoms with Crippen LogP contribution in [0.15, 0.2) is 48.5 Å². The van der Waals surface area contributed by atoms with Crippen molar-refractivity contribution in [2.75, 3.05) is 12.8 Å². The summed E-state index contributed by atoms with van der Waals surface area (Å²) in [6, 6.07) is 14.7. The normalized spacial score (nSPS) is 11.7. The molecule has 0 bridgehead atoms. The quantitative estimate of drug-likeness (QED) is 0.677. The van der Waals surface area contributed by atoms with Crippen molar-refractivity contribution in [3.05, 3.63) is 59.7 Å². The third-order valence-electron chi connectivity index (χ3n) is 3.30. The van der Waals surface area contributed by atoms with E-state index in [1.165, 1.54) is 0 Å². The van der Waals surface area contributed by atoms with Gasteiger partial charge in [-0.2, -0.15) is 0 Å². The van der Waals surface area contributed by atoms with Gasteiger partial charge in [0.2, 0.25) is 0 Å². The number of nitrogen functional groups attached to an aromatic ring is 1. The molecule has 2 aromatic rings. The summed E-state index contributed by atoms with van der Waals surface area (Å²) in [6.07, 6.45) is 0. The predicted molar refractivity (Wildman–Crippen MR) is 82.1 cm³/mol. The van der Waals surface area contributed by atoms with Crippen LogP contribution in [-0.4, -0.2) is 13.1 Å². The number of benzene rings is 2. The third kappa shape index (κ3) is 3.99. The van der Waals surface area contributed by atoms with Gasteiger partial charge in [0, 0.05) is 5.69 Å². The minimum absolute atomic E-state index is 0.246. The van der Waals surface area contributed by atoms with Gasteiger partial charge in [-0.25, -0.2) is 0 Å². The molecule has 21 heavy (non-hydrogen) atoms. The number of ether oxygens (including phenoxy) is 2. The summed E-state index contributed by atoms with van der Waals surface area (Å²) in [5.41, 5.74) is 8.14. The Morgan fingerprint density at radius 3 is 2.52 bits per heavy atom. The molecule has 0 fully saturated rings. The molecule has 4 heteroatoms. The van der Waals surface area contributed by atoms with Gasteiger partial charge in [-0.1, -0.05) is 24.3 Å². The third-order valence-corrected chi connectivity index (χ3v) is 3.30. The first-order valence-corrected chi connectivity index (χ1v) is 6.75. The van der Waals surface area contributed by atoms with Gasteiger partial charge >= 0.3 is 5.97 Å². The Hall–Kier alpha value is -2.49. The second-order valence-electron chi connectivity index (χ2n) is 4.85. The summed E-state index contributed by atoms with van der Waals surface area (Å²) in [5.74, 6) is 0.168. The van der Waals surface area contributed by atoms with Gasteiger partial charge in [-0.05, 0) is 42.3 Å². The smallest absolute Gasteiger partial charge is 0.313 e. The van der Waals surface area contributed by atoms with Gasteiger partial charge in [-0.15, -0.1) is 0 Å². The van der Waals surface area contributed by atoms with Crippen molar-refractivity contribution >= 4 is 11.7 Å². The molecule has 0 amide bonds. The molecule has 0 spiro atoms. The Labute approximate surface area is 124 Å². The summed E-state index contributed by atoms with van der Waals surface area (Å²) in [7, 11) is 1.61. The lowest BCUT2D eigenvalue weighted by molar-refractivity contribution is -0.146. The molecule has 4 nitrogen and oxygen atoms in total. The van der Waals surface area contributed by atoms with Crippen LogP contribution in [0.2, 0.25) is 0 Å². The second kappa shape index (κ2) is 6.79. The SMILES string of the molecule is COc1ccc(COC(=O)C(C)c2cccc(N)c2)cc1. The van der Waals surface area contributed by atoms with E-state index in [-0.39, 0.29) is 18.5 Å². The molecule has 1 unspecified atom stereocenters. The molecule has 1 atom stereocenters. The van der Waals surface area contributed by atoms with Crippen molar-refractivity contribution in [1.29, 1.82) is 0 Å². The summed E-state index contributed by atoms with van der Waals surface area (Å²) in [4.78, 5) is 12.1. The van der Waals surface area contributed by atoms with E-state index in [0.717, 1.165) is 16.9 Å². The van der Waals surface area contributed by atoms with E-state index in [2.05, 4.69) is 0 Å². The summed E-state index contributed by atoms with van der Waals surface area (Å²) in [5, 5.41) is 0. The van der Waals surface area contributed by atoms with Crippen molar-refractivity contribution < 1.29 is 14.3 Å². The molecule has 0 saturated carbocycles. The van der Waals surface area contributed by atoms with Crippen molar-refractivity contribution in [1.82, 2.24) is 0 Å². The lowest BCUT2D eigenvalue weighted by Crippen LogP contribution is -2.13. The van der Waals surface area contributed by atoms with Crippen LogP contribution < -0.4 is 10.5 Å². The van der Waals surface area contributed by atoms with Gasteiger partial charge in [0.25, 0.3) is 0 Å². The molecule has 0 saturated heterocycles. The molecule has 2 N–H and O–H groups in total.